The molecule has 0 atom stereocenters. The van der Waals surface area contributed by atoms with E-state index in [-0.39, 0.29) is 0 Å². The highest BCUT2D eigenvalue weighted by molar-refractivity contribution is 7.18. The Hall–Kier alpha value is -2.60. The minimum Gasteiger partial charge on any atom is -0.467 e. The highest BCUT2D eigenvalue weighted by Gasteiger charge is 2.19. The fourth-order valence-electron chi connectivity index (χ4n) is 2.79. The van der Waals surface area contributed by atoms with Gasteiger partial charge in [0.15, 0.2) is 0 Å². The van der Waals surface area contributed by atoms with Gasteiger partial charge in [0.2, 0.25) is 0 Å². The number of hydrogen-bond donors (Lipinski definition) is 0. The fraction of sp³-hybridized carbons (Fsp3) is 0.222. The molecule has 5 nitrogen and oxygen atoms in total. The number of nitrogens with zero attached hydrogens (tertiary/aromatic N) is 3. The van der Waals surface area contributed by atoms with Crippen LogP contribution in [0.1, 0.15) is 22.0 Å². The standard InChI is InChI=1S/C18H17N3O2S/c1-12-13(2)24-18-16(12)17(19-11-20-18)21(9-14-5-3-7-22-14)10-15-6-4-8-23-15/h3-8,11H,9-10H2,1-2H3. The molecule has 0 aromatic carbocycles. The monoisotopic (exact) mass is 339 g/mol. The van der Waals surface area contributed by atoms with Crippen LogP contribution in [0.4, 0.5) is 5.82 Å². The van der Waals surface area contributed by atoms with Crippen LogP contribution in [-0.4, -0.2) is 9.97 Å². The summed E-state index contributed by atoms with van der Waals surface area (Å²) in [5, 5.41) is 1.11. The van der Waals surface area contributed by atoms with Gasteiger partial charge in [0.05, 0.1) is 31.0 Å². The van der Waals surface area contributed by atoms with Crippen molar-refractivity contribution in [2.75, 3.05) is 4.90 Å². The van der Waals surface area contributed by atoms with Crippen molar-refractivity contribution in [3.8, 4) is 0 Å². The lowest BCUT2D eigenvalue weighted by molar-refractivity contribution is 0.476. The zero-order valence-corrected chi connectivity index (χ0v) is 14.3. The Morgan fingerprint density at radius 2 is 1.67 bits per heavy atom. The molecule has 0 saturated heterocycles. The van der Waals surface area contributed by atoms with Gasteiger partial charge >= 0.3 is 0 Å². The van der Waals surface area contributed by atoms with Gasteiger partial charge < -0.3 is 13.7 Å². The van der Waals surface area contributed by atoms with Gasteiger partial charge in [0, 0.05) is 4.88 Å². The van der Waals surface area contributed by atoms with Crippen LogP contribution in [0.2, 0.25) is 0 Å². The van der Waals surface area contributed by atoms with E-state index in [2.05, 4.69) is 28.7 Å². The molecular weight excluding hydrogens is 322 g/mol. The quantitative estimate of drug-likeness (QED) is 0.527. The van der Waals surface area contributed by atoms with Crippen molar-refractivity contribution in [1.29, 1.82) is 0 Å². The Kier molecular flexibility index (Phi) is 3.82. The molecule has 0 aliphatic heterocycles. The molecule has 0 saturated carbocycles. The SMILES string of the molecule is Cc1sc2ncnc(N(Cc3ccco3)Cc3ccco3)c2c1C. The molecule has 4 heterocycles. The molecule has 0 bridgehead atoms. The third-order valence-corrected chi connectivity index (χ3v) is 5.21. The molecule has 4 rings (SSSR count). The molecule has 0 fully saturated rings. The van der Waals surface area contributed by atoms with E-state index in [1.807, 2.05) is 24.3 Å². The Morgan fingerprint density at radius 1 is 1.00 bits per heavy atom. The van der Waals surface area contributed by atoms with Crippen LogP contribution in [-0.2, 0) is 13.1 Å². The zero-order chi connectivity index (χ0) is 16.5. The lowest BCUT2D eigenvalue weighted by Crippen LogP contribution is -2.23. The maximum atomic E-state index is 5.54. The number of thiophene rings is 1. The summed E-state index contributed by atoms with van der Waals surface area (Å²) in [6.45, 7) is 5.48. The van der Waals surface area contributed by atoms with Crippen LogP contribution in [0.15, 0.2) is 52.0 Å². The van der Waals surface area contributed by atoms with Gasteiger partial charge in [0.1, 0.15) is 28.5 Å². The Balaban J connectivity index is 1.80. The first-order valence-corrected chi connectivity index (χ1v) is 8.54. The molecule has 0 spiro atoms. The lowest BCUT2D eigenvalue weighted by Gasteiger charge is -2.22. The molecule has 0 amide bonds. The topological polar surface area (TPSA) is 55.3 Å². The summed E-state index contributed by atoms with van der Waals surface area (Å²) in [7, 11) is 0. The Bertz CT molecular complexity index is 906. The average molecular weight is 339 g/mol. The summed E-state index contributed by atoms with van der Waals surface area (Å²) < 4.78 is 11.1. The summed E-state index contributed by atoms with van der Waals surface area (Å²) in [6.07, 6.45) is 5.01. The summed E-state index contributed by atoms with van der Waals surface area (Å²) in [4.78, 5) is 13.5. The summed E-state index contributed by atoms with van der Waals surface area (Å²) in [5.74, 6) is 2.69. The molecule has 24 heavy (non-hydrogen) atoms. The number of furan rings is 2. The third kappa shape index (κ3) is 2.69. The van der Waals surface area contributed by atoms with Crippen molar-refractivity contribution < 1.29 is 8.83 Å². The van der Waals surface area contributed by atoms with Crippen LogP contribution in [0, 0.1) is 13.8 Å². The normalized spacial score (nSPS) is 11.2. The van der Waals surface area contributed by atoms with Crippen molar-refractivity contribution in [2.24, 2.45) is 0 Å². The fourth-order valence-corrected chi connectivity index (χ4v) is 3.78. The molecule has 122 valence electrons. The Labute approximate surface area is 143 Å². The highest BCUT2D eigenvalue weighted by atomic mass is 32.1. The maximum Gasteiger partial charge on any atom is 0.141 e. The van der Waals surface area contributed by atoms with Crippen LogP contribution in [0.25, 0.3) is 10.2 Å². The highest BCUT2D eigenvalue weighted by Crippen LogP contribution is 2.35. The molecule has 4 aromatic heterocycles. The first-order chi connectivity index (χ1) is 11.7. The largest absolute Gasteiger partial charge is 0.467 e. The number of fused-ring (bicyclic) bond motifs is 1. The second-order valence-electron chi connectivity index (χ2n) is 5.68. The Morgan fingerprint density at radius 3 is 2.25 bits per heavy atom. The minimum absolute atomic E-state index is 0.619. The van der Waals surface area contributed by atoms with Crippen LogP contribution >= 0.6 is 11.3 Å². The van der Waals surface area contributed by atoms with E-state index in [9.17, 15) is 0 Å². The van der Waals surface area contributed by atoms with Gasteiger partial charge in [-0.15, -0.1) is 11.3 Å². The van der Waals surface area contributed by atoms with Gasteiger partial charge in [-0.25, -0.2) is 9.97 Å². The molecule has 0 N–H and O–H groups in total. The van der Waals surface area contributed by atoms with Crippen molar-refractivity contribution in [3.63, 3.8) is 0 Å². The van der Waals surface area contributed by atoms with Crippen molar-refractivity contribution in [3.05, 3.63) is 65.1 Å². The van der Waals surface area contributed by atoms with Crippen molar-refractivity contribution >= 4 is 27.4 Å². The van der Waals surface area contributed by atoms with E-state index >= 15 is 0 Å². The van der Waals surface area contributed by atoms with E-state index in [0.717, 1.165) is 27.6 Å². The van der Waals surface area contributed by atoms with Gasteiger partial charge in [-0.3, -0.25) is 0 Å². The van der Waals surface area contributed by atoms with E-state index in [4.69, 9.17) is 8.83 Å². The van der Waals surface area contributed by atoms with Gasteiger partial charge in [-0.05, 0) is 43.7 Å². The van der Waals surface area contributed by atoms with Gasteiger partial charge in [0.25, 0.3) is 0 Å². The van der Waals surface area contributed by atoms with Crippen molar-refractivity contribution in [1.82, 2.24) is 9.97 Å². The second kappa shape index (κ2) is 6.13. The average Bonchev–Trinajstić information content (AvgIpc) is 3.31. The smallest absolute Gasteiger partial charge is 0.141 e. The predicted octanol–water partition coefficient (Wildman–Crippen LogP) is 4.70. The lowest BCUT2D eigenvalue weighted by atomic mass is 10.2. The van der Waals surface area contributed by atoms with Crippen molar-refractivity contribution in [2.45, 2.75) is 26.9 Å². The number of rotatable bonds is 5. The van der Waals surface area contributed by atoms with Crippen LogP contribution in [0.5, 0.6) is 0 Å². The van der Waals surface area contributed by atoms with Crippen LogP contribution < -0.4 is 4.90 Å². The van der Waals surface area contributed by atoms with E-state index in [1.165, 1.54) is 10.4 Å². The maximum absolute atomic E-state index is 5.54. The summed E-state index contributed by atoms with van der Waals surface area (Å²) in [5.41, 5.74) is 1.23. The number of aromatic nitrogens is 2. The zero-order valence-electron chi connectivity index (χ0n) is 13.5. The van der Waals surface area contributed by atoms with Gasteiger partial charge in [-0.1, -0.05) is 0 Å². The summed E-state index contributed by atoms with van der Waals surface area (Å²) in [6, 6.07) is 7.74. The number of aryl methyl sites for hydroxylation is 2. The molecular formula is C18H17N3O2S. The van der Waals surface area contributed by atoms with Crippen LogP contribution in [0.3, 0.4) is 0 Å². The minimum atomic E-state index is 0.619. The van der Waals surface area contributed by atoms with E-state index < -0.39 is 0 Å². The first-order valence-electron chi connectivity index (χ1n) is 7.73. The molecule has 0 aliphatic rings. The third-order valence-electron chi connectivity index (χ3n) is 4.10. The first kappa shape index (κ1) is 15.0. The van der Waals surface area contributed by atoms with Gasteiger partial charge in [-0.2, -0.15) is 0 Å². The molecule has 6 heteroatoms. The summed E-state index contributed by atoms with van der Waals surface area (Å²) >= 11 is 1.70. The number of hydrogen-bond acceptors (Lipinski definition) is 6. The molecule has 4 aromatic rings. The van der Waals surface area contributed by atoms with E-state index in [1.54, 1.807) is 30.2 Å². The molecule has 0 aliphatic carbocycles. The number of anilines is 1. The molecule has 0 radical (unpaired) electrons. The molecule has 0 unspecified atom stereocenters. The second-order valence-corrected chi connectivity index (χ2v) is 6.88. The van der Waals surface area contributed by atoms with E-state index in [0.29, 0.717) is 13.1 Å². The predicted molar refractivity (Wildman–Crippen MR) is 94.2 cm³/mol.